The second-order valence-corrected chi connectivity index (χ2v) is 4.33. The predicted molar refractivity (Wildman–Crippen MR) is 76.6 cm³/mol. The summed E-state index contributed by atoms with van der Waals surface area (Å²) in [6.45, 7) is -2.91. The zero-order valence-electron chi connectivity index (χ0n) is 12.6. The number of halogens is 3. The van der Waals surface area contributed by atoms with Crippen LogP contribution >= 0.6 is 0 Å². The Kier molecular flexibility index (Phi) is 7.53. The maximum Gasteiger partial charge on any atom is 0.405 e. The van der Waals surface area contributed by atoms with Crippen LogP contribution in [0, 0.1) is 0 Å². The minimum Gasteiger partial charge on any atom is -0.497 e. The van der Waals surface area contributed by atoms with Gasteiger partial charge in [-0.05, 0) is 29.8 Å². The average Bonchev–Trinajstić information content (AvgIpc) is 2.55. The molecule has 0 fully saturated rings. The van der Waals surface area contributed by atoms with E-state index in [4.69, 9.17) is 4.74 Å². The van der Waals surface area contributed by atoms with Gasteiger partial charge in [0, 0.05) is 0 Å². The standard InChI is InChI=1S/C14H15F3N2O5/c1-22-11-4-2-10(3-5-11)6-19-24-8-13(21)23-7-12(20)18-9-14(15,16)17/h2-6H,7-9H2,1H3,(H,18,20)/b19-6-. The lowest BCUT2D eigenvalue weighted by atomic mass is 10.2. The predicted octanol–water partition coefficient (Wildman–Crippen LogP) is 1.27. The van der Waals surface area contributed by atoms with Crippen LogP contribution in [-0.2, 0) is 19.2 Å². The van der Waals surface area contributed by atoms with E-state index in [0.29, 0.717) is 11.3 Å². The van der Waals surface area contributed by atoms with Crippen molar-refractivity contribution >= 4 is 18.1 Å². The number of rotatable bonds is 8. The van der Waals surface area contributed by atoms with E-state index in [2.05, 4.69) is 14.7 Å². The van der Waals surface area contributed by atoms with Crippen LogP contribution in [0.5, 0.6) is 5.75 Å². The lowest BCUT2D eigenvalue weighted by Crippen LogP contribution is -2.36. The van der Waals surface area contributed by atoms with E-state index in [1.807, 2.05) is 0 Å². The molecule has 1 aromatic carbocycles. The van der Waals surface area contributed by atoms with Crippen molar-refractivity contribution in [2.45, 2.75) is 6.18 Å². The molecule has 0 aliphatic rings. The van der Waals surface area contributed by atoms with Gasteiger partial charge in [0.25, 0.3) is 5.91 Å². The Labute approximate surface area is 135 Å². The number of hydrogen-bond acceptors (Lipinski definition) is 6. The van der Waals surface area contributed by atoms with Crippen LogP contribution < -0.4 is 10.1 Å². The van der Waals surface area contributed by atoms with Gasteiger partial charge < -0.3 is 19.6 Å². The molecule has 0 saturated carbocycles. The molecule has 1 N–H and O–H groups in total. The highest BCUT2D eigenvalue weighted by Crippen LogP contribution is 2.12. The van der Waals surface area contributed by atoms with E-state index in [1.165, 1.54) is 13.3 Å². The highest BCUT2D eigenvalue weighted by molar-refractivity contribution is 5.81. The summed E-state index contributed by atoms with van der Waals surface area (Å²) in [5.74, 6) is -1.34. The topological polar surface area (TPSA) is 86.2 Å². The van der Waals surface area contributed by atoms with Crippen molar-refractivity contribution in [2.24, 2.45) is 5.16 Å². The molecule has 0 aliphatic heterocycles. The average molecular weight is 348 g/mol. The van der Waals surface area contributed by atoms with Gasteiger partial charge in [-0.25, -0.2) is 4.79 Å². The molecule has 0 atom stereocenters. The molecule has 0 aromatic heterocycles. The number of carbonyl (C=O) groups is 2. The maximum atomic E-state index is 11.8. The van der Waals surface area contributed by atoms with Crippen LogP contribution in [-0.4, -0.2) is 51.1 Å². The molecule has 0 aliphatic carbocycles. The number of nitrogens with one attached hydrogen (secondary N) is 1. The number of carbonyl (C=O) groups excluding carboxylic acids is 2. The fourth-order valence-electron chi connectivity index (χ4n) is 1.32. The van der Waals surface area contributed by atoms with Crippen molar-refractivity contribution in [3.05, 3.63) is 29.8 Å². The first-order valence-electron chi connectivity index (χ1n) is 6.58. The van der Waals surface area contributed by atoms with Crippen molar-refractivity contribution < 1.29 is 37.1 Å². The first-order chi connectivity index (χ1) is 11.3. The number of esters is 1. The fourth-order valence-corrected chi connectivity index (χ4v) is 1.32. The van der Waals surface area contributed by atoms with Crippen molar-refractivity contribution in [2.75, 3.05) is 26.9 Å². The van der Waals surface area contributed by atoms with E-state index in [9.17, 15) is 22.8 Å². The quantitative estimate of drug-likeness (QED) is 0.434. The zero-order valence-corrected chi connectivity index (χ0v) is 12.6. The van der Waals surface area contributed by atoms with Gasteiger partial charge in [-0.3, -0.25) is 4.79 Å². The Morgan fingerprint density at radius 3 is 2.46 bits per heavy atom. The third-order valence-electron chi connectivity index (χ3n) is 2.42. The molecule has 0 bridgehead atoms. The fraction of sp³-hybridized carbons (Fsp3) is 0.357. The van der Waals surface area contributed by atoms with E-state index in [-0.39, 0.29) is 0 Å². The summed E-state index contributed by atoms with van der Waals surface area (Å²) in [4.78, 5) is 26.9. The first-order valence-corrected chi connectivity index (χ1v) is 6.58. The zero-order chi connectivity index (χ0) is 18.0. The number of alkyl halides is 3. The van der Waals surface area contributed by atoms with Gasteiger partial charge in [-0.2, -0.15) is 13.2 Å². The number of methoxy groups -OCH3 is 1. The Morgan fingerprint density at radius 1 is 1.21 bits per heavy atom. The maximum absolute atomic E-state index is 11.8. The van der Waals surface area contributed by atoms with Crippen molar-refractivity contribution in [1.29, 1.82) is 0 Å². The van der Waals surface area contributed by atoms with Crippen LogP contribution in [0.3, 0.4) is 0 Å². The summed E-state index contributed by atoms with van der Waals surface area (Å²) in [6, 6.07) is 6.81. The minimum absolute atomic E-state index is 0.584. The van der Waals surface area contributed by atoms with Gasteiger partial charge in [0.05, 0.1) is 13.3 Å². The van der Waals surface area contributed by atoms with E-state index in [1.54, 1.807) is 29.6 Å². The third-order valence-corrected chi connectivity index (χ3v) is 2.42. The normalized spacial score (nSPS) is 11.2. The van der Waals surface area contributed by atoms with Crippen LogP contribution in [0.2, 0.25) is 0 Å². The molecule has 0 radical (unpaired) electrons. The highest BCUT2D eigenvalue weighted by Gasteiger charge is 2.27. The summed E-state index contributed by atoms with van der Waals surface area (Å²) in [7, 11) is 1.53. The molecule has 24 heavy (non-hydrogen) atoms. The van der Waals surface area contributed by atoms with E-state index in [0.717, 1.165) is 0 Å². The summed E-state index contributed by atoms with van der Waals surface area (Å²) < 4.78 is 44.9. The molecule has 1 amide bonds. The molecule has 1 rings (SSSR count). The van der Waals surface area contributed by atoms with Crippen molar-refractivity contribution in [3.63, 3.8) is 0 Å². The molecular weight excluding hydrogens is 333 g/mol. The summed E-state index contributed by atoms with van der Waals surface area (Å²) in [6.07, 6.45) is -3.19. The second kappa shape index (κ2) is 9.38. The number of oxime groups is 1. The van der Waals surface area contributed by atoms with Crippen molar-refractivity contribution in [1.82, 2.24) is 5.32 Å². The Hall–Kier alpha value is -2.78. The molecule has 0 saturated heterocycles. The summed E-state index contributed by atoms with van der Waals surface area (Å²) in [5, 5.41) is 5.07. The molecule has 7 nitrogen and oxygen atoms in total. The summed E-state index contributed by atoms with van der Waals surface area (Å²) >= 11 is 0. The van der Waals surface area contributed by atoms with Gasteiger partial charge in [0.15, 0.2) is 6.61 Å². The van der Waals surface area contributed by atoms with Crippen LogP contribution in [0.25, 0.3) is 0 Å². The number of hydrogen-bond donors (Lipinski definition) is 1. The monoisotopic (exact) mass is 348 g/mol. The van der Waals surface area contributed by atoms with Crippen LogP contribution in [0.1, 0.15) is 5.56 Å². The van der Waals surface area contributed by atoms with Crippen molar-refractivity contribution in [3.8, 4) is 5.75 Å². The van der Waals surface area contributed by atoms with E-state index >= 15 is 0 Å². The molecule has 0 unspecified atom stereocenters. The minimum atomic E-state index is -4.53. The van der Waals surface area contributed by atoms with Gasteiger partial charge >= 0.3 is 12.1 Å². The second-order valence-electron chi connectivity index (χ2n) is 4.33. The first kappa shape index (κ1) is 19.3. The third kappa shape index (κ3) is 8.61. The molecular formula is C14H15F3N2O5. The van der Waals surface area contributed by atoms with Gasteiger partial charge in [0.2, 0.25) is 6.61 Å². The highest BCUT2D eigenvalue weighted by atomic mass is 19.4. The SMILES string of the molecule is COc1ccc(/C=N\OCC(=O)OCC(=O)NCC(F)(F)F)cc1. The summed E-state index contributed by atoms with van der Waals surface area (Å²) in [5.41, 5.74) is 0.690. The van der Waals surface area contributed by atoms with Gasteiger partial charge in [-0.15, -0.1) is 0 Å². The molecule has 1 aromatic rings. The molecule has 0 heterocycles. The molecule has 10 heteroatoms. The number of ether oxygens (including phenoxy) is 2. The lowest BCUT2D eigenvalue weighted by Gasteiger charge is -2.08. The Bertz CT molecular complexity index is 573. The van der Waals surface area contributed by atoms with Crippen LogP contribution in [0.15, 0.2) is 29.4 Å². The number of nitrogens with zero attached hydrogens (tertiary/aromatic N) is 1. The smallest absolute Gasteiger partial charge is 0.405 e. The van der Waals surface area contributed by atoms with Crippen LogP contribution in [0.4, 0.5) is 13.2 Å². The number of amides is 1. The Morgan fingerprint density at radius 2 is 1.88 bits per heavy atom. The van der Waals surface area contributed by atoms with Gasteiger partial charge in [-0.1, -0.05) is 5.16 Å². The van der Waals surface area contributed by atoms with Gasteiger partial charge in [0.1, 0.15) is 12.3 Å². The Balaban J connectivity index is 2.21. The molecule has 0 spiro atoms. The largest absolute Gasteiger partial charge is 0.497 e. The molecule has 132 valence electrons. The lowest BCUT2D eigenvalue weighted by molar-refractivity contribution is -0.154. The van der Waals surface area contributed by atoms with E-state index < -0.39 is 37.8 Å². The number of benzene rings is 1.